The van der Waals surface area contributed by atoms with Crippen molar-refractivity contribution in [2.24, 2.45) is 0 Å². The van der Waals surface area contributed by atoms with Crippen molar-refractivity contribution in [2.45, 2.75) is 19.3 Å². The van der Waals surface area contributed by atoms with E-state index in [1.54, 1.807) is 12.4 Å². The zero-order chi connectivity index (χ0) is 20.2. The van der Waals surface area contributed by atoms with Crippen LogP contribution in [0, 0.1) is 17.9 Å². The maximum atomic E-state index is 10.0. The number of hydrogen-bond acceptors (Lipinski definition) is 5. The Morgan fingerprint density at radius 3 is 2.52 bits per heavy atom. The highest BCUT2D eigenvalue weighted by molar-refractivity contribution is 5.93. The maximum absolute atomic E-state index is 10.0. The summed E-state index contributed by atoms with van der Waals surface area (Å²) in [5, 5.41) is 10.0. The van der Waals surface area contributed by atoms with Crippen LogP contribution in [0.5, 0.6) is 0 Å². The fourth-order valence-corrected chi connectivity index (χ4v) is 3.80. The number of aromatic nitrogens is 2. The van der Waals surface area contributed by atoms with E-state index < -0.39 is 0 Å². The highest BCUT2D eigenvalue weighted by Crippen LogP contribution is 2.42. The number of hydrogen-bond donors (Lipinski definition) is 1. The van der Waals surface area contributed by atoms with E-state index in [1.807, 2.05) is 36.4 Å². The van der Waals surface area contributed by atoms with Crippen LogP contribution in [0.2, 0.25) is 0 Å². The standard InChI is InChI=1S/C23H20N6/c1-26-21-20(17-8-5-7-16(13-17)18-9-6-10-27-15-18)19(14-24)23(28-22(21)25)29-11-3-2-4-12-29/h5-10,13,15H,2-4,11-12H2,(H2,25,28). The third-order valence-corrected chi connectivity index (χ3v) is 5.20. The van der Waals surface area contributed by atoms with Gasteiger partial charge in [-0.25, -0.2) is 9.83 Å². The van der Waals surface area contributed by atoms with E-state index >= 15 is 0 Å². The molecule has 2 N–H and O–H groups in total. The third kappa shape index (κ3) is 3.49. The molecule has 0 atom stereocenters. The third-order valence-electron chi connectivity index (χ3n) is 5.20. The predicted molar refractivity (Wildman–Crippen MR) is 114 cm³/mol. The van der Waals surface area contributed by atoms with Gasteiger partial charge in [-0.15, -0.1) is 0 Å². The fourth-order valence-electron chi connectivity index (χ4n) is 3.80. The molecule has 0 saturated carbocycles. The average Bonchev–Trinajstić information content (AvgIpc) is 2.79. The molecule has 6 nitrogen and oxygen atoms in total. The van der Waals surface area contributed by atoms with Gasteiger partial charge in [-0.05, 0) is 42.5 Å². The number of nitrogens with two attached hydrogens (primary N) is 1. The summed E-state index contributed by atoms with van der Waals surface area (Å²) < 4.78 is 0. The van der Waals surface area contributed by atoms with E-state index in [0.29, 0.717) is 16.9 Å². The molecule has 4 rings (SSSR count). The van der Waals surface area contributed by atoms with E-state index in [1.165, 1.54) is 6.42 Å². The molecule has 0 unspecified atom stereocenters. The minimum Gasteiger partial charge on any atom is -0.392 e. The van der Waals surface area contributed by atoms with Crippen LogP contribution in [0.4, 0.5) is 17.3 Å². The second-order valence-electron chi connectivity index (χ2n) is 7.01. The van der Waals surface area contributed by atoms with Gasteiger partial charge in [0.2, 0.25) is 5.69 Å². The molecule has 29 heavy (non-hydrogen) atoms. The molecule has 142 valence electrons. The normalized spacial score (nSPS) is 13.5. The summed E-state index contributed by atoms with van der Waals surface area (Å²) in [7, 11) is 0. The zero-order valence-corrected chi connectivity index (χ0v) is 16.0. The molecule has 0 spiro atoms. The lowest BCUT2D eigenvalue weighted by atomic mass is 9.95. The van der Waals surface area contributed by atoms with Crippen molar-refractivity contribution in [2.75, 3.05) is 23.7 Å². The number of nitriles is 1. The number of nitrogens with zero attached hydrogens (tertiary/aromatic N) is 5. The summed E-state index contributed by atoms with van der Waals surface area (Å²) in [6.45, 7) is 9.33. The van der Waals surface area contributed by atoms with E-state index in [4.69, 9.17) is 12.3 Å². The van der Waals surface area contributed by atoms with E-state index in [2.05, 4.69) is 25.8 Å². The molecule has 1 fully saturated rings. The zero-order valence-electron chi connectivity index (χ0n) is 16.0. The lowest BCUT2D eigenvalue weighted by Crippen LogP contribution is -2.31. The van der Waals surface area contributed by atoms with Crippen LogP contribution in [-0.2, 0) is 0 Å². The van der Waals surface area contributed by atoms with Gasteiger partial charge in [0, 0.05) is 36.6 Å². The first-order valence-corrected chi connectivity index (χ1v) is 9.59. The number of nitrogen functional groups attached to an aromatic ring is 1. The maximum Gasteiger partial charge on any atom is 0.237 e. The average molecular weight is 380 g/mol. The molecule has 6 heteroatoms. The van der Waals surface area contributed by atoms with Crippen molar-refractivity contribution >= 4 is 17.3 Å². The van der Waals surface area contributed by atoms with Crippen molar-refractivity contribution in [3.8, 4) is 28.3 Å². The van der Waals surface area contributed by atoms with Crippen molar-refractivity contribution in [1.29, 1.82) is 5.26 Å². The second-order valence-corrected chi connectivity index (χ2v) is 7.01. The molecule has 1 aliphatic rings. The van der Waals surface area contributed by atoms with Crippen LogP contribution >= 0.6 is 0 Å². The molecular formula is C23H20N6. The molecule has 3 heterocycles. The quantitative estimate of drug-likeness (QED) is 0.660. The van der Waals surface area contributed by atoms with Gasteiger partial charge in [0.05, 0.1) is 12.1 Å². The minimum absolute atomic E-state index is 0.168. The Bertz CT molecular complexity index is 1120. The lowest BCUT2D eigenvalue weighted by Gasteiger charge is -2.29. The SMILES string of the molecule is [C-]#[N+]c1c(N)nc(N2CCCCC2)c(C#N)c1-c1cccc(-c2cccnc2)c1. The number of anilines is 2. The Morgan fingerprint density at radius 2 is 1.83 bits per heavy atom. The van der Waals surface area contributed by atoms with E-state index in [9.17, 15) is 5.26 Å². The molecule has 1 saturated heterocycles. The first-order valence-electron chi connectivity index (χ1n) is 9.59. The molecule has 0 amide bonds. The summed E-state index contributed by atoms with van der Waals surface area (Å²) in [5.41, 5.74) is 10.1. The van der Waals surface area contributed by atoms with Crippen LogP contribution in [0.25, 0.3) is 27.1 Å². The summed E-state index contributed by atoms with van der Waals surface area (Å²) >= 11 is 0. The van der Waals surface area contributed by atoms with Gasteiger partial charge in [0.25, 0.3) is 0 Å². The molecule has 0 aliphatic carbocycles. The topological polar surface area (TPSA) is 83.2 Å². The van der Waals surface area contributed by atoms with Crippen LogP contribution in [0.15, 0.2) is 48.8 Å². The Morgan fingerprint density at radius 1 is 1.07 bits per heavy atom. The lowest BCUT2D eigenvalue weighted by molar-refractivity contribution is 0.573. The van der Waals surface area contributed by atoms with Gasteiger partial charge in [-0.3, -0.25) is 4.98 Å². The minimum atomic E-state index is 0.168. The smallest absolute Gasteiger partial charge is 0.237 e. The fraction of sp³-hybridized carbons (Fsp3) is 0.217. The Balaban J connectivity index is 1.92. The van der Waals surface area contributed by atoms with Crippen LogP contribution < -0.4 is 10.6 Å². The summed E-state index contributed by atoms with van der Waals surface area (Å²) in [4.78, 5) is 14.4. The number of rotatable bonds is 3. The van der Waals surface area contributed by atoms with Crippen molar-refractivity contribution in [3.63, 3.8) is 0 Å². The molecule has 0 bridgehead atoms. The van der Waals surface area contributed by atoms with Gasteiger partial charge in [0.1, 0.15) is 17.7 Å². The largest absolute Gasteiger partial charge is 0.392 e. The Labute approximate surface area is 170 Å². The Kier molecular flexibility index (Phi) is 5.09. The predicted octanol–water partition coefficient (Wildman–Crippen LogP) is 4.81. The summed E-state index contributed by atoms with van der Waals surface area (Å²) in [6, 6.07) is 14.0. The van der Waals surface area contributed by atoms with Crippen LogP contribution in [0.3, 0.4) is 0 Å². The van der Waals surface area contributed by atoms with Crippen molar-refractivity contribution < 1.29 is 0 Å². The van der Waals surface area contributed by atoms with Crippen molar-refractivity contribution in [3.05, 3.63) is 65.8 Å². The molecule has 1 aromatic carbocycles. The first kappa shape index (κ1) is 18.5. The van der Waals surface area contributed by atoms with Gasteiger partial charge in [-0.2, -0.15) is 5.26 Å². The van der Waals surface area contributed by atoms with Gasteiger partial charge in [-0.1, -0.05) is 24.3 Å². The second kappa shape index (κ2) is 8.00. The monoisotopic (exact) mass is 380 g/mol. The van der Waals surface area contributed by atoms with Crippen LogP contribution in [0.1, 0.15) is 24.8 Å². The highest BCUT2D eigenvalue weighted by Gasteiger charge is 2.24. The molecule has 2 aromatic heterocycles. The van der Waals surface area contributed by atoms with Crippen LogP contribution in [-0.4, -0.2) is 23.1 Å². The number of pyridine rings is 2. The molecule has 3 aromatic rings. The summed E-state index contributed by atoms with van der Waals surface area (Å²) in [6.07, 6.45) is 6.81. The first-order chi connectivity index (χ1) is 14.2. The van der Waals surface area contributed by atoms with Crippen molar-refractivity contribution in [1.82, 2.24) is 9.97 Å². The molecule has 1 aliphatic heterocycles. The van der Waals surface area contributed by atoms with E-state index in [-0.39, 0.29) is 11.5 Å². The van der Waals surface area contributed by atoms with Gasteiger partial charge in [0.15, 0.2) is 0 Å². The van der Waals surface area contributed by atoms with Gasteiger partial charge < -0.3 is 10.6 Å². The number of piperidine rings is 1. The number of benzene rings is 1. The molecular weight excluding hydrogens is 360 g/mol. The van der Waals surface area contributed by atoms with Gasteiger partial charge >= 0.3 is 0 Å². The molecule has 0 radical (unpaired) electrons. The highest BCUT2D eigenvalue weighted by atomic mass is 15.2. The summed E-state index contributed by atoms with van der Waals surface area (Å²) in [5.74, 6) is 0.750. The Hall–Kier alpha value is -3.90. The van der Waals surface area contributed by atoms with E-state index in [0.717, 1.165) is 42.6 Å².